The minimum Gasteiger partial charge on any atom is -0.370 e. The molecule has 1 aromatic rings. The number of imide groups is 1. The van der Waals surface area contributed by atoms with Crippen molar-refractivity contribution >= 4 is 29.6 Å². The standard InChI is InChI=1S/C14H22N6O3S/c1-7(2)10(12(22)17-13(16)23)24-14-19-18-11(8-3-4-8)20(14)6-5-9(15)21/h7-8,10H,3-6H2,1-2H3,(H2,15,21)(H3,16,17,22,23). The molecule has 1 heterocycles. The third-order valence-corrected chi connectivity index (χ3v) is 5.14. The molecule has 24 heavy (non-hydrogen) atoms. The van der Waals surface area contributed by atoms with Crippen LogP contribution in [0.4, 0.5) is 4.79 Å². The number of nitrogens with one attached hydrogen (secondary N) is 1. The van der Waals surface area contributed by atoms with Crippen LogP contribution in [0.5, 0.6) is 0 Å². The molecule has 1 saturated carbocycles. The number of nitrogens with two attached hydrogens (primary N) is 2. The Labute approximate surface area is 143 Å². The molecule has 1 aromatic heterocycles. The van der Waals surface area contributed by atoms with Gasteiger partial charge in [-0.15, -0.1) is 10.2 Å². The van der Waals surface area contributed by atoms with Crippen LogP contribution in [-0.2, 0) is 16.1 Å². The Balaban J connectivity index is 2.20. The Bertz CT molecular complexity index is 640. The summed E-state index contributed by atoms with van der Waals surface area (Å²) in [4.78, 5) is 34.2. The normalized spacial score (nSPS) is 15.3. The van der Waals surface area contributed by atoms with Crippen LogP contribution in [0.3, 0.4) is 0 Å². The quantitative estimate of drug-likeness (QED) is 0.574. The predicted octanol–water partition coefficient (Wildman–Crippen LogP) is 0.343. The van der Waals surface area contributed by atoms with Crippen molar-refractivity contribution in [2.45, 2.75) is 56.0 Å². The van der Waals surface area contributed by atoms with Crippen LogP contribution in [-0.4, -0.2) is 37.9 Å². The van der Waals surface area contributed by atoms with Crippen LogP contribution in [0.25, 0.3) is 0 Å². The highest BCUT2D eigenvalue weighted by molar-refractivity contribution is 8.00. The molecule has 5 N–H and O–H groups in total. The Hall–Kier alpha value is -2.10. The molecule has 1 atom stereocenters. The second-order valence-electron chi connectivity index (χ2n) is 6.12. The zero-order valence-corrected chi connectivity index (χ0v) is 14.5. The molecule has 0 aliphatic heterocycles. The van der Waals surface area contributed by atoms with E-state index in [1.807, 2.05) is 18.4 Å². The number of hydrogen-bond donors (Lipinski definition) is 3. The molecule has 0 radical (unpaired) electrons. The first kappa shape index (κ1) is 18.2. The fraction of sp³-hybridized carbons (Fsp3) is 0.643. The number of carbonyl (C=O) groups is 3. The van der Waals surface area contributed by atoms with E-state index in [0.717, 1.165) is 18.7 Å². The average Bonchev–Trinajstić information content (AvgIpc) is 3.22. The van der Waals surface area contributed by atoms with Crippen LogP contribution in [0.1, 0.15) is 44.9 Å². The predicted molar refractivity (Wildman–Crippen MR) is 88.0 cm³/mol. The summed E-state index contributed by atoms with van der Waals surface area (Å²) < 4.78 is 1.85. The van der Waals surface area contributed by atoms with Crippen molar-refractivity contribution in [2.24, 2.45) is 17.4 Å². The Kier molecular flexibility index (Phi) is 5.81. The molecule has 1 aliphatic carbocycles. The van der Waals surface area contributed by atoms with Gasteiger partial charge in [0.1, 0.15) is 5.82 Å². The summed E-state index contributed by atoms with van der Waals surface area (Å²) in [5.74, 6) is 0.224. The first-order chi connectivity index (χ1) is 11.3. The molecule has 9 nitrogen and oxygen atoms in total. The van der Waals surface area contributed by atoms with Gasteiger partial charge >= 0.3 is 6.03 Å². The lowest BCUT2D eigenvalue weighted by Crippen LogP contribution is -2.42. The van der Waals surface area contributed by atoms with Gasteiger partial charge in [0.05, 0.1) is 5.25 Å². The lowest BCUT2D eigenvalue weighted by atomic mass is 10.1. The van der Waals surface area contributed by atoms with Crippen molar-refractivity contribution in [2.75, 3.05) is 0 Å². The number of amides is 4. The Morgan fingerprint density at radius 2 is 1.96 bits per heavy atom. The molecule has 0 aromatic carbocycles. The molecule has 1 fully saturated rings. The van der Waals surface area contributed by atoms with Crippen LogP contribution in [0.2, 0.25) is 0 Å². The maximum absolute atomic E-state index is 12.2. The lowest BCUT2D eigenvalue weighted by Gasteiger charge is -2.19. The van der Waals surface area contributed by atoms with Gasteiger partial charge in [0, 0.05) is 18.9 Å². The Morgan fingerprint density at radius 3 is 2.46 bits per heavy atom. The highest BCUT2D eigenvalue weighted by Gasteiger charge is 2.32. The SMILES string of the molecule is CC(C)C(Sc1nnc(C2CC2)n1CCC(N)=O)C(=O)NC(N)=O. The van der Waals surface area contributed by atoms with Crippen LogP contribution in [0, 0.1) is 5.92 Å². The molecule has 4 amide bonds. The summed E-state index contributed by atoms with van der Waals surface area (Å²) in [6.45, 7) is 4.10. The molecular formula is C14H22N6O3S. The van der Waals surface area contributed by atoms with E-state index in [2.05, 4.69) is 15.5 Å². The second-order valence-corrected chi connectivity index (χ2v) is 7.23. The van der Waals surface area contributed by atoms with E-state index in [1.54, 1.807) is 0 Å². The molecule has 132 valence electrons. The van der Waals surface area contributed by atoms with Crippen molar-refractivity contribution in [1.29, 1.82) is 0 Å². The fourth-order valence-electron chi connectivity index (χ4n) is 2.26. The molecule has 0 saturated heterocycles. The highest BCUT2D eigenvalue weighted by Crippen LogP contribution is 2.40. The molecule has 0 spiro atoms. The first-order valence-electron chi connectivity index (χ1n) is 7.78. The number of thioether (sulfide) groups is 1. The zero-order chi connectivity index (χ0) is 17.9. The van der Waals surface area contributed by atoms with E-state index in [4.69, 9.17) is 11.5 Å². The number of hydrogen-bond acceptors (Lipinski definition) is 6. The number of aromatic nitrogens is 3. The van der Waals surface area contributed by atoms with Gasteiger partial charge in [0.2, 0.25) is 11.8 Å². The van der Waals surface area contributed by atoms with Crippen molar-refractivity contribution < 1.29 is 14.4 Å². The molecule has 1 unspecified atom stereocenters. The summed E-state index contributed by atoms with van der Waals surface area (Å²) >= 11 is 1.21. The van der Waals surface area contributed by atoms with Gasteiger partial charge in [-0.25, -0.2) is 4.79 Å². The number of carbonyl (C=O) groups excluding carboxylic acids is 3. The smallest absolute Gasteiger partial charge is 0.318 e. The highest BCUT2D eigenvalue weighted by atomic mass is 32.2. The third kappa shape index (κ3) is 4.70. The second kappa shape index (κ2) is 7.65. The van der Waals surface area contributed by atoms with Gasteiger partial charge in [-0.2, -0.15) is 0 Å². The maximum atomic E-state index is 12.2. The summed E-state index contributed by atoms with van der Waals surface area (Å²) in [7, 11) is 0. The van der Waals surface area contributed by atoms with Gasteiger partial charge in [0.25, 0.3) is 0 Å². The lowest BCUT2D eigenvalue weighted by molar-refractivity contribution is -0.120. The van der Waals surface area contributed by atoms with Crippen LogP contribution in [0.15, 0.2) is 5.16 Å². The number of primary amides is 2. The van der Waals surface area contributed by atoms with E-state index < -0.39 is 23.1 Å². The van der Waals surface area contributed by atoms with Gasteiger partial charge in [-0.3, -0.25) is 14.9 Å². The summed E-state index contributed by atoms with van der Waals surface area (Å²) in [5, 5.41) is 10.5. The molecule has 0 bridgehead atoms. The van der Waals surface area contributed by atoms with Gasteiger partial charge < -0.3 is 16.0 Å². The van der Waals surface area contributed by atoms with Crippen LogP contribution < -0.4 is 16.8 Å². The number of nitrogens with zero attached hydrogens (tertiary/aromatic N) is 3. The van der Waals surface area contributed by atoms with E-state index in [9.17, 15) is 14.4 Å². The van der Waals surface area contributed by atoms with Crippen molar-refractivity contribution in [3.63, 3.8) is 0 Å². The van der Waals surface area contributed by atoms with Gasteiger partial charge in [-0.05, 0) is 18.8 Å². The van der Waals surface area contributed by atoms with Crippen molar-refractivity contribution in [3.05, 3.63) is 5.82 Å². The van der Waals surface area contributed by atoms with Gasteiger partial charge in [-0.1, -0.05) is 25.6 Å². The average molecular weight is 354 g/mol. The first-order valence-corrected chi connectivity index (χ1v) is 8.66. The van der Waals surface area contributed by atoms with Crippen molar-refractivity contribution in [3.8, 4) is 0 Å². The maximum Gasteiger partial charge on any atom is 0.318 e. The van der Waals surface area contributed by atoms with E-state index in [1.165, 1.54) is 11.8 Å². The minimum atomic E-state index is -0.889. The third-order valence-electron chi connectivity index (χ3n) is 3.61. The minimum absolute atomic E-state index is 0.0555. The number of urea groups is 1. The summed E-state index contributed by atoms with van der Waals surface area (Å²) in [6, 6.07) is -0.889. The fourth-order valence-corrected chi connectivity index (χ4v) is 3.33. The van der Waals surface area contributed by atoms with Crippen LogP contribution >= 0.6 is 11.8 Å². The summed E-state index contributed by atoms with van der Waals surface area (Å²) in [6.07, 6.45) is 2.25. The summed E-state index contributed by atoms with van der Waals surface area (Å²) in [5.41, 5.74) is 10.3. The van der Waals surface area contributed by atoms with Crippen molar-refractivity contribution in [1.82, 2.24) is 20.1 Å². The van der Waals surface area contributed by atoms with Gasteiger partial charge in [0.15, 0.2) is 5.16 Å². The monoisotopic (exact) mass is 354 g/mol. The largest absolute Gasteiger partial charge is 0.370 e. The molecule has 2 rings (SSSR count). The molecule has 10 heteroatoms. The zero-order valence-electron chi connectivity index (χ0n) is 13.7. The molecular weight excluding hydrogens is 332 g/mol. The topological polar surface area (TPSA) is 146 Å². The van der Waals surface area contributed by atoms with E-state index in [0.29, 0.717) is 17.6 Å². The van der Waals surface area contributed by atoms with E-state index >= 15 is 0 Å². The Morgan fingerprint density at radius 1 is 1.29 bits per heavy atom. The molecule has 1 aliphatic rings. The van der Waals surface area contributed by atoms with E-state index in [-0.39, 0.29) is 12.3 Å². The number of rotatable bonds is 8.